The van der Waals surface area contributed by atoms with Crippen LogP contribution in [0.15, 0.2) is 30.3 Å². The van der Waals surface area contributed by atoms with Gasteiger partial charge in [-0.1, -0.05) is 32.0 Å². The van der Waals surface area contributed by atoms with Gasteiger partial charge in [0.1, 0.15) is 12.4 Å². The van der Waals surface area contributed by atoms with Gasteiger partial charge in [0.2, 0.25) is 5.91 Å². The first-order valence-electron chi connectivity index (χ1n) is 13.0. The van der Waals surface area contributed by atoms with Crippen LogP contribution in [0.3, 0.4) is 0 Å². The fourth-order valence-corrected chi connectivity index (χ4v) is 8.50. The molecule has 3 unspecified atom stereocenters. The molecule has 180 valence electrons. The number of hydrogen-bond donors (Lipinski definition) is 1. The van der Waals surface area contributed by atoms with Crippen LogP contribution in [0.25, 0.3) is 0 Å². The van der Waals surface area contributed by atoms with Crippen LogP contribution in [0.4, 0.5) is 5.69 Å². The Morgan fingerprint density at radius 2 is 1.88 bits per heavy atom. The van der Waals surface area contributed by atoms with E-state index in [-0.39, 0.29) is 35.6 Å². The fraction of sp³-hybridized carbons (Fsp3) is 0.714. The maximum absolute atomic E-state index is 12.6. The molecular weight excluding hydrogens is 412 g/mol. The minimum atomic E-state index is -0.0733. The molecule has 0 spiro atoms. The number of hydrogen-bond acceptors (Lipinski definition) is 4. The van der Waals surface area contributed by atoms with Crippen LogP contribution in [0.1, 0.15) is 66.2 Å². The van der Waals surface area contributed by atoms with E-state index in [0.29, 0.717) is 29.5 Å². The molecule has 0 radical (unpaired) electrons. The third-order valence-electron chi connectivity index (χ3n) is 10.1. The van der Waals surface area contributed by atoms with Crippen molar-refractivity contribution in [2.45, 2.75) is 83.9 Å². The molecule has 2 heterocycles. The highest BCUT2D eigenvalue weighted by atomic mass is 16.5. The first kappa shape index (κ1) is 23.0. The smallest absolute Gasteiger partial charge is 0.250 e. The zero-order valence-electron chi connectivity index (χ0n) is 20.7. The van der Waals surface area contributed by atoms with E-state index in [2.05, 4.69) is 37.9 Å². The first-order chi connectivity index (χ1) is 15.7. The summed E-state index contributed by atoms with van der Waals surface area (Å²) in [5.41, 5.74) is 1.09. The van der Waals surface area contributed by atoms with Crippen molar-refractivity contribution >= 4 is 17.4 Å². The highest BCUT2D eigenvalue weighted by molar-refractivity contribution is 5.91. The summed E-state index contributed by atoms with van der Waals surface area (Å²) in [6.45, 7) is 10.5. The van der Waals surface area contributed by atoms with Gasteiger partial charge in [0.05, 0.1) is 12.1 Å². The lowest BCUT2D eigenvalue weighted by Crippen LogP contribution is -2.67. The van der Waals surface area contributed by atoms with Crippen molar-refractivity contribution in [2.75, 3.05) is 18.5 Å². The van der Waals surface area contributed by atoms with E-state index in [0.717, 1.165) is 31.5 Å². The van der Waals surface area contributed by atoms with Gasteiger partial charge in [-0.2, -0.15) is 0 Å². The lowest BCUT2D eigenvalue weighted by molar-refractivity contribution is -0.160. The monoisotopic (exact) mass is 452 g/mol. The van der Waals surface area contributed by atoms with Gasteiger partial charge in [-0.25, -0.2) is 0 Å². The number of amides is 1. The number of nitrogens with one attached hydrogen (secondary N) is 1. The second kappa shape index (κ2) is 8.49. The van der Waals surface area contributed by atoms with E-state index < -0.39 is 0 Å². The van der Waals surface area contributed by atoms with Crippen molar-refractivity contribution < 1.29 is 14.3 Å². The van der Waals surface area contributed by atoms with E-state index in [1.165, 1.54) is 19.3 Å². The third kappa shape index (κ3) is 3.76. The molecule has 5 nitrogen and oxygen atoms in total. The molecule has 2 saturated carbocycles. The van der Waals surface area contributed by atoms with E-state index >= 15 is 0 Å². The number of piperidine rings is 2. The highest BCUT2D eigenvalue weighted by Gasteiger charge is 2.62. The molecule has 4 aliphatic rings. The van der Waals surface area contributed by atoms with Crippen LogP contribution in [0.5, 0.6) is 0 Å². The number of nitrogens with zero attached hydrogens (tertiary/aromatic N) is 1. The van der Waals surface area contributed by atoms with Crippen LogP contribution in [0.2, 0.25) is 0 Å². The summed E-state index contributed by atoms with van der Waals surface area (Å²) in [4.78, 5) is 27.5. The fourth-order valence-electron chi connectivity index (χ4n) is 8.50. The summed E-state index contributed by atoms with van der Waals surface area (Å²) in [6, 6.07) is 9.67. The first-order valence-corrected chi connectivity index (χ1v) is 13.0. The molecule has 5 rings (SSSR count). The van der Waals surface area contributed by atoms with E-state index in [9.17, 15) is 9.59 Å². The number of para-hydroxylation sites is 1. The van der Waals surface area contributed by atoms with Crippen LogP contribution in [-0.4, -0.2) is 47.4 Å². The summed E-state index contributed by atoms with van der Waals surface area (Å²) in [5.74, 6) is 2.80. The van der Waals surface area contributed by atoms with E-state index in [1.807, 2.05) is 30.3 Å². The Morgan fingerprint density at radius 1 is 1.12 bits per heavy atom. The molecule has 1 N–H and O–H groups in total. The zero-order valence-corrected chi connectivity index (χ0v) is 20.7. The molecule has 2 aliphatic carbocycles. The molecule has 1 aromatic rings. The average molecular weight is 453 g/mol. The van der Waals surface area contributed by atoms with Crippen LogP contribution < -0.4 is 5.32 Å². The van der Waals surface area contributed by atoms with E-state index in [4.69, 9.17) is 4.74 Å². The van der Waals surface area contributed by atoms with E-state index in [1.54, 1.807) is 0 Å². The Labute approximate surface area is 198 Å². The standard InChI is InChI=1S/C28H40N2O3/c1-18-16-23-21-12-15-30-19(2)24(31)11-14-28(30,4)22(21)10-13-27(23,3)26(18)33-17-25(32)29-20-8-6-5-7-9-20/h5-9,18-19,21-23,26H,10-17H2,1-4H3,(H,29,32)/t18?,19?,21-,22-,23+,26?,27+,28-/m1/s1. The second-order valence-corrected chi connectivity index (χ2v) is 11.8. The summed E-state index contributed by atoms with van der Waals surface area (Å²) >= 11 is 0. The number of fused-ring (bicyclic) bond motifs is 5. The molecule has 1 aromatic carbocycles. The van der Waals surface area contributed by atoms with Crippen molar-refractivity contribution in [3.05, 3.63) is 30.3 Å². The zero-order chi connectivity index (χ0) is 23.4. The number of Topliss-reactive ketones (excluding diaryl/α,β-unsaturated/α-hetero) is 1. The molecule has 5 heteroatoms. The normalized spacial score (nSPS) is 42.8. The number of ketones is 1. The number of benzene rings is 1. The summed E-state index contributed by atoms with van der Waals surface area (Å²) in [5, 5.41) is 2.96. The van der Waals surface area contributed by atoms with Gasteiger partial charge in [0, 0.05) is 17.6 Å². The largest absolute Gasteiger partial charge is 0.368 e. The van der Waals surface area contributed by atoms with Crippen LogP contribution in [-0.2, 0) is 14.3 Å². The quantitative estimate of drug-likeness (QED) is 0.705. The van der Waals surface area contributed by atoms with Crippen molar-refractivity contribution in [1.82, 2.24) is 4.90 Å². The lowest BCUT2D eigenvalue weighted by atomic mass is 9.52. The van der Waals surface area contributed by atoms with Gasteiger partial charge in [0.25, 0.3) is 0 Å². The maximum Gasteiger partial charge on any atom is 0.250 e. The van der Waals surface area contributed by atoms with Crippen molar-refractivity contribution in [2.24, 2.45) is 29.1 Å². The number of ether oxygens (including phenoxy) is 1. The third-order valence-corrected chi connectivity index (χ3v) is 10.1. The van der Waals surface area contributed by atoms with Crippen LogP contribution >= 0.6 is 0 Å². The molecule has 0 aromatic heterocycles. The second-order valence-electron chi connectivity index (χ2n) is 11.8. The predicted molar refractivity (Wildman–Crippen MR) is 130 cm³/mol. The lowest BCUT2D eigenvalue weighted by Gasteiger charge is -2.62. The Balaban J connectivity index is 1.28. The Bertz CT molecular complexity index is 904. The Hall–Kier alpha value is -1.72. The minimum Gasteiger partial charge on any atom is -0.368 e. The Kier molecular flexibility index (Phi) is 5.93. The molecule has 8 atom stereocenters. The molecule has 33 heavy (non-hydrogen) atoms. The molecule has 0 bridgehead atoms. The van der Waals surface area contributed by atoms with Crippen molar-refractivity contribution in [3.63, 3.8) is 0 Å². The van der Waals surface area contributed by atoms with Gasteiger partial charge < -0.3 is 10.1 Å². The number of anilines is 1. The maximum atomic E-state index is 12.6. The Morgan fingerprint density at radius 3 is 2.64 bits per heavy atom. The molecular formula is C28H40N2O3. The molecule has 1 amide bonds. The van der Waals surface area contributed by atoms with Gasteiger partial charge in [-0.3, -0.25) is 14.5 Å². The molecule has 2 saturated heterocycles. The SMILES string of the molecule is CC1C[C@H]2[C@@H]3CCN4C(C)C(=O)CC[C@]4(C)[C@@H]3CC[C@]2(C)C1OCC(=O)Nc1ccccc1. The number of carbonyl (C=O) groups is 2. The summed E-state index contributed by atoms with van der Waals surface area (Å²) in [7, 11) is 0. The van der Waals surface area contributed by atoms with Gasteiger partial charge in [-0.15, -0.1) is 0 Å². The minimum absolute atomic E-state index is 0.0692. The topological polar surface area (TPSA) is 58.6 Å². The van der Waals surface area contributed by atoms with Gasteiger partial charge in [-0.05, 0) is 93.7 Å². The average Bonchev–Trinajstić information content (AvgIpc) is 3.05. The van der Waals surface area contributed by atoms with Crippen molar-refractivity contribution in [3.8, 4) is 0 Å². The highest BCUT2D eigenvalue weighted by Crippen LogP contribution is 2.63. The predicted octanol–water partition coefficient (Wildman–Crippen LogP) is 4.91. The van der Waals surface area contributed by atoms with Gasteiger partial charge >= 0.3 is 0 Å². The van der Waals surface area contributed by atoms with Crippen LogP contribution in [0, 0.1) is 29.1 Å². The molecule has 2 aliphatic heterocycles. The number of carbonyl (C=O) groups excluding carboxylic acids is 2. The summed E-state index contributed by atoms with van der Waals surface area (Å²) in [6.07, 6.45) is 6.60. The van der Waals surface area contributed by atoms with Gasteiger partial charge in [0.15, 0.2) is 0 Å². The van der Waals surface area contributed by atoms with Crippen molar-refractivity contribution in [1.29, 1.82) is 0 Å². The summed E-state index contributed by atoms with van der Waals surface area (Å²) < 4.78 is 6.40. The number of rotatable bonds is 4. The molecule has 4 fully saturated rings.